The van der Waals surface area contributed by atoms with E-state index >= 15 is 0 Å². The van der Waals surface area contributed by atoms with Crippen molar-refractivity contribution in [3.05, 3.63) is 11.3 Å². The molecule has 4 heteroatoms. The van der Waals surface area contributed by atoms with Crippen LogP contribution in [0.3, 0.4) is 0 Å². The van der Waals surface area contributed by atoms with Crippen LogP contribution in [0.2, 0.25) is 0 Å². The lowest BCUT2D eigenvalue weighted by Gasteiger charge is -2.25. The molecule has 4 nitrogen and oxygen atoms in total. The van der Waals surface area contributed by atoms with Crippen molar-refractivity contribution >= 4 is 5.82 Å². The predicted molar refractivity (Wildman–Crippen MR) is 64.6 cm³/mol. The van der Waals surface area contributed by atoms with Crippen molar-refractivity contribution < 1.29 is 4.74 Å². The Balaban J connectivity index is 2.16. The highest BCUT2D eigenvalue weighted by molar-refractivity contribution is 5.48. The molecule has 2 heterocycles. The van der Waals surface area contributed by atoms with Crippen LogP contribution in [0.15, 0.2) is 0 Å². The van der Waals surface area contributed by atoms with Crippen LogP contribution in [-0.4, -0.2) is 22.8 Å². The van der Waals surface area contributed by atoms with Crippen molar-refractivity contribution in [3.8, 4) is 0 Å². The molecule has 1 aromatic heterocycles. The van der Waals surface area contributed by atoms with Crippen molar-refractivity contribution in [2.75, 3.05) is 11.9 Å². The van der Waals surface area contributed by atoms with E-state index in [9.17, 15) is 0 Å². The Hall–Kier alpha value is -1.03. The second-order valence-corrected chi connectivity index (χ2v) is 5.03. The molecule has 0 aromatic carbocycles. The Kier molecular flexibility index (Phi) is 3.19. The topological polar surface area (TPSA) is 49.9 Å². The highest BCUT2D eigenvalue weighted by Crippen LogP contribution is 2.33. The van der Waals surface area contributed by atoms with Crippen molar-refractivity contribution in [2.24, 2.45) is 5.92 Å². The molecule has 0 fully saturated rings. The SMILES string of the molecule is CC(C)CNc1n[nH]c2c1C(C)OC(C)C2. The normalized spacial score (nSPS) is 24.6. The van der Waals surface area contributed by atoms with Gasteiger partial charge in [0.1, 0.15) is 0 Å². The zero-order valence-electron chi connectivity index (χ0n) is 10.5. The minimum Gasteiger partial charge on any atom is -0.370 e. The fraction of sp³-hybridized carbons (Fsp3) is 0.750. The summed E-state index contributed by atoms with van der Waals surface area (Å²) in [6.07, 6.45) is 1.34. The van der Waals surface area contributed by atoms with Gasteiger partial charge in [-0.1, -0.05) is 13.8 Å². The first kappa shape index (κ1) is 11.5. The van der Waals surface area contributed by atoms with Gasteiger partial charge in [-0.3, -0.25) is 5.10 Å². The number of nitrogens with zero attached hydrogens (tertiary/aromatic N) is 1. The molecule has 1 aromatic rings. The molecular formula is C12H21N3O. The summed E-state index contributed by atoms with van der Waals surface area (Å²) >= 11 is 0. The summed E-state index contributed by atoms with van der Waals surface area (Å²) in [4.78, 5) is 0. The number of rotatable bonds is 3. The lowest BCUT2D eigenvalue weighted by Crippen LogP contribution is -2.22. The molecule has 2 unspecified atom stereocenters. The van der Waals surface area contributed by atoms with Gasteiger partial charge < -0.3 is 10.1 Å². The summed E-state index contributed by atoms with van der Waals surface area (Å²) in [5.74, 6) is 1.58. The van der Waals surface area contributed by atoms with E-state index in [1.807, 2.05) is 0 Å². The maximum Gasteiger partial charge on any atom is 0.153 e. The van der Waals surface area contributed by atoms with E-state index in [4.69, 9.17) is 4.74 Å². The molecule has 90 valence electrons. The molecule has 0 spiro atoms. The van der Waals surface area contributed by atoms with Gasteiger partial charge in [-0.15, -0.1) is 0 Å². The monoisotopic (exact) mass is 223 g/mol. The van der Waals surface area contributed by atoms with Crippen LogP contribution >= 0.6 is 0 Å². The summed E-state index contributed by atoms with van der Waals surface area (Å²) in [6.45, 7) is 9.51. The van der Waals surface area contributed by atoms with Gasteiger partial charge in [-0.05, 0) is 19.8 Å². The van der Waals surface area contributed by atoms with Gasteiger partial charge >= 0.3 is 0 Å². The quantitative estimate of drug-likeness (QED) is 0.827. The average molecular weight is 223 g/mol. The highest BCUT2D eigenvalue weighted by atomic mass is 16.5. The average Bonchev–Trinajstić information content (AvgIpc) is 2.57. The summed E-state index contributed by atoms with van der Waals surface area (Å²) in [5.41, 5.74) is 2.43. The van der Waals surface area contributed by atoms with Crippen LogP contribution in [0.25, 0.3) is 0 Å². The van der Waals surface area contributed by atoms with Crippen molar-refractivity contribution in [1.29, 1.82) is 0 Å². The smallest absolute Gasteiger partial charge is 0.153 e. The minimum atomic E-state index is 0.132. The number of hydrogen-bond acceptors (Lipinski definition) is 3. The third kappa shape index (κ3) is 2.21. The van der Waals surface area contributed by atoms with Crippen LogP contribution in [0.4, 0.5) is 5.82 Å². The number of fused-ring (bicyclic) bond motifs is 1. The predicted octanol–water partition coefficient (Wildman–Crippen LogP) is 2.50. The Bertz CT molecular complexity index is 359. The first-order chi connectivity index (χ1) is 7.58. The van der Waals surface area contributed by atoms with Gasteiger partial charge in [0, 0.05) is 24.2 Å². The largest absolute Gasteiger partial charge is 0.370 e. The summed E-state index contributed by atoms with van der Waals surface area (Å²) in [6, 6.07) is 0. The van der Waals surface area contributed by atoms with Crippen LogP contribution in [-0.2, 0) is 11.2 Å². The molecular weight excluding hydrogens is 202 g/mol. The minimum absolute atomic E-state index is 0.132. The number of aromatic amines is 1. The number of hydrogen-bond donors (Lipinski definition) is 2. The fourth-order valence-electron chi connectivity index (χ4n) is 2.17. The Morgan fingerprint density at radius 1 is 1.50 bits per heavy atom. The molecule has 0 saturated carbocycles. The first-order valence-corrected chi connectivity index (χ1v) is 6.04. The highest BCUT2D eigenvalue weighted by Gasteiger charge is 2.27. The van der Waals surface area contributed by atoms with Crippen LogP contribution in [0.5, 0.6) is 0 Å². The number of nitrogens with one attached hydrogen (secondary N) is 2. The van der Waals surface area contributed by atoms with E-state index in [-0.39, 0.29) is 12.2 Å². The molecule has 2 atom stereocenters. The molecule has 2 rings (SSSR count). The third-order valence-electron chi connectivity index (χ3n) is 2.90. The number of aromatic nitrogens is 2. The van der Waals surface area contributed by atoms with Crippen molar-refractivity contribution in [3.63, 3.8) is 0 Å². The molecule has 1 aliphatic heterocycles. The molecule has 0 amide bonds. The summed E-state index contributed by atoms with van der Waals surface area (Å²) in [7, 11) is 0. The number of H-pyrrole nitrogens is 1. The Morgan fingerprint density at radius 3 is 2.94 bits per heavy atom. The Morgan fingerprint density at radius 2 is 2.25 bits per heavy atom. The van der Waals surface area contributed by atoms with E-state index in [1.165, 1.54) is 11.3 Å². The van der Waals surface area contributed by atoms with E-state index < -0.39 is 0 Å². The van der Waals surface area contributed by atoms with E-state index in [2.05, 4.69) is 43.2 Å². The van der Waals surface area contributed by atoms with Gasteiger partial charge in [0.15, 0.2) is 5.82 Å². The molecule has 2 N–H and O–H groups in total. The first-order valence-electron chi connectivity index (χ1n) is 6.04. The molecule has 1 aliphatic rings. The van der Waals surface area contributed by atoms with Crippen molar-refractivity contribution in [1.82, 2.24) is 10.2 Å². The second-order valence-electron chi connectivity index (χ2n) is 5.03. The molecule has 0 radical (unpaired) electrons. The zero-order valence-corrected chi connectivity index (χ0v) is 10.5. The van der Waals surface area contributed by atoms with E-state index in [1.54, 1.807) is 0 Å². The maximum absolute atomic E-state index is 5.82. The second kappa shape index (κ2) is 4.45. The third-order valence-corrected chi connectivity index (χ3v) is 2.90. The van der Waals surface area contributed by atoms with Crippen LogP contribution in [0, 0.1) is 5.92 Å². The van der Waals surface area contributed by atoms with E-state index in [0.29, 0.717) is 5.92 Å². The van der Waals surface area contributed by atoms with Gasteiger partial charge in [0.25, 0.3) is 0 Å². The van der Waals surface area contributed by atoms with Crippen LogP contribution < -0.4 is 5.32 Å². The van der Waals surface area contributed by atoms with Gasteiger partial charge in [-0.2, -0.15) is 5.10 Å². The molecule has 0 aliphatic carbocycles. The van der Waals surface area contributed by atoms with Crippen LogP contribution in [0.1, 0.15) is 45.1 Å². The maximum atomic E-state index is 5.82. The Labute approximate surface area is 96.8 Å². The molecule has 0 saturated heterocycles. The number of ether oxygens (including phenoxy) is 1. The standard InChI is InChI=1S/C12H21N3O/c1-7(2)6-13-12-11-9(4)16-8(3)5-10(11)14-15-12/h7-9H,5-6H2,1-4H3,(H2,13,14,15). The van der Waals surface area contributed by atoms with Gasteiger partial charge in [0.2, 0.25) is 0 Å². The fourth-order valence-corrected chi connectivity index (χ4v) is 2.17. The van der Waals surface area contributed by atoms with E-state index in [0.717, 1.165) is 18.8 Å². The lowest BCUT2D eigenvalue weighted by molar-refractivity contribution is -0.00478. The van der Waals surface area contributed by atoms with Gasteiger partial charge in [-0.25, -0.2) is 0 Å². The van der Waals surface area contributed by atoms with Gasteiger partial charge in [0.05, 0.1) is 12.2 Å². The lowest BCUT2D eigenvalue weighted by atomic mass is 10.0. The summed E-state index contributed by atoms with van der Waals surface area (Å²) in [5, 5.41) is 10.8. The molecule has 16 heavy (non-hydrogen) atoms. The molecule has 0 bridgehead atoms. The zero-order chi connectivity index (χ0) is 11.7. The van der Waals surface area contributed by atoms with Crippen molar-refractivity contribution in [2.45, 2.75) is 46.3 Å². The summed E-state index contributed by atoms with van der Waals surface area (Å²) < 4.78 is 5.82. The number of anilines is 1.